The normalized spacial score (nSPS) is 21.0. The summed E-state index contributed by atoms with van der Waals surface area (Å²) < 4.78 is 36.8. The zero-order valence-corrected chi connectivity index (χ0v) is 14.5. The van der Waals surface area contributed by atoms with Crippen molar-refractivity contribution < 1.29 is 17.6 Å². The molecule has 1 aromatic carbocycles. The number of sulfone groups is 1. The Kier molecular flexibility index (Phi) is 5.29. The number of aryl methyl sites for hydroxylation is 1. The van der Waals surface area contributed by atoms with Gasteiger partial charge in [0, 0.05) is 18.3 Å². The molecule has 0 aliphatic carbocycles. The SMILES string of the molecule is CCN(C(=O)C(C)Nc1ccc(C)c(F)c1)C1CCS(=O)(=O)C1. The molecule has 2 unspecified atom stereocenters. The van der Waals surface area contributed by atoms with E-state index in [1.807, 2.05) is 6.92 Å². The molecule has 23 heavy (non-hydrogen) atoms. The monoisotopic (exact) mass is 342 g/mol. The summed E-state index contributed by atoms with van der Waals surface area (Å²) in [7, 11) is -3.04. The van der Waals surface area contributed by atoms with E-state index in [1.165, 1.54) is 6.07 Å². The van der Waals surface area contributed by atoms with Crippen molar-refractivity contribution in [2.75, 3.05) is 23.4 Å². The van der Waals surface area contributed by atoms with Gasteiger partial charge in [0.05, 0.1) is 11.5 Å². The molecule has 7 heteroatoms. The van der Waals surface area contributed by atoms with Gasteiger partial charge in [-0.25, -0.2) is 12.8 Å². The third kappa shape index (κ3) is 4.22. The molecule has 1 heterocycles. The summed E-state index contributed by atoms with van der Waals surface area (Å²) in [4.78, 5) is 14.2. The number of likely N-dealkylation sites (N-methyl/N-ethyl adjacent to an activating group) is 1. The second-order valence-electron chi connectivity index (χ2n) is 6.01. The van der Waals surface area contributed by atoms with E-state index in [0.717, 1.165) is 0 Å². The molecule has 0 aromatic heterocycles. The van der Waals surface area contributed by atoms with E-state index in [2.05, 4.69) is 5.32 Å². The van der Waals surface area contributed by atoms with Crippen LogP contribution in [0.2, 0.25) is 0 Å². The first-order valence-electron chi connectivity index (χ1n) is 7.77. The van der Waals surface area contributed by atoms with Gasteiger partial charge in [-0.1, -0.05) is 6.07 Å². The van der Waals surface area contributed by atoms with E-state index in [0.29, 0.717) is 24.2 Å². The molecule has 1 fully saturated rings. The first-order valence-corrected chi connectivity index (χ1v) is 9.59. The summed E-state index contributed by atoms with van der Waals surface area (Å²) in [5.74, 6) is -0.343. The number of hydrogen-bond donors (Lipinski definition) is 1. The molecule has 2 atom stereocenters. The maximum absolute atomic E-state index is 13.6. The van der Waals surface area contributed by atoms with Gasteiger partial charge in [-0.3, -0.25) is 4.79 Å². The largest absolute Gasteiger partial charge is 0.374 e. The highest BCUT2D eigenvalue weighted by atomic mass is 32.2. The number of hydrogen-bond acceptors (Lipinski definition) is 4. The molecule has 1 aliphatic rings. The Labute approximate surface area is 136 Å². The molecule has 1 amide bonds. The zero-order valence-electron chi connectivity index (χ0n) is 13.7. The number of anilines is 1. The van der Waals surface area contributed by atoms with Crippen LogP contribution in [0.4, 0.5) is 10.1 Å². The number of nitrogens with one attached hydrogen (secondary N) is 1. The highest BCUT2D eigenvalue weighted by molar-refractivity contribution is 7.91. The second kappa shape index (κ2) is 6.86. The lowest BCUT2D eigenvalue weighted by Gasteiger charge is -2.30. The molecular formula is C16H23FN2O3S. The van der Waals surface area contributed by atoms with Gasteiger partial charge in [-0.05, 0) is 44.9 Å². The average Bonchev–Trinajstić information content (AvgIpc) is 2.83. The summed E-state index contributed by atoms with van der Waals surface area (Å²) in [5.41, 5.74) is 1.07. The van der Waals surface area contributed by atoms with Crippen molar-refractivity contribution in [3.05, 3.63) is 29.6 Å². The van der Waals surface area contributed by atoms with Gasteiger partial charge >= 0.3 is 0 Å². The fourth-order valence-electron chi connectivity index (χ4n) is 2.86. The molecule has 1 saturated heterocycles. The zero-order chi connectivity index (χ0) is 17.2. The molecule has 0 spiro atoms. The van der Waals surface area contributed by atoms with Crippen molar-refractivity contribution in [3.63, 3.8) is 0 Å². The number of benzene rings is 1. The minimum Gasteiger partial charge on any atom is -0.374 e. The van der Waals surface area contributed by atoms with Crippen LogP contribution in [0, 0.1) is 12.7 Å². The first kappa shape index (κ1) is 17.7. The smallest absolute Gasteiger partial charge is 0.245 e. The standard InChI is InChI=1S/C16H23FN2O3S/c1-4-19(14-7-8-23(21,22)10-14)16(20)12(3)18-13-6-5-11(2)15(17)9-13/h5-6,9,12,14,18H,4,7-8,10H2,1-3H3. The Balaban J connectivity index is 2.06. The molecule has 5 nitrogen and oxygen atoms in total. The molecule has 0 bridgehead atoms. The Morgan fingerprint density at radius 3 is 2.70 bits per heavy atom. The highest BCUT2D eigenvalue weighted by Gasteiger charge is 2.35. The van der Waals surface area contributed by atoms with E-state index in [-0.39, 0.29) is 29.3 Å². The van der Waals surface area contributed by atoms with Crippen LogP contribution in [0.15, 0.2) is 18.2 Å². The van der Waals surface area contributed by atoms with Crippen LogP contribution in [-0.2, 0) is 14.6 Å². The van der Waals surface area contributed by atoms with Crippen LogP contribution in [0.5, 0.6) is 0 Å². The van der Waals surface area contributed by atoms with Gasteiger partial charge in [0.1, 0.15) is 11.9 Å². The van der Waals surface area contributed by atoms with E-state index in [4.69, 9.17) is 0 Å². The molecular weight excluding hydrogens is 319 g/mol. The Hall–Kier alpha value is -1.63. The van der Waals surface area contributed by atoms with Crippen molar-refractivity contribution in [1.29, 1.82) is 0 Å². The molecule has 128 valence electrons. The van der Waals surface area contributed by atoms with Crippen molar-refractivity contribution in [2.45, 2.75) is 39.3 Å². The minimum atomic E-state index is -3.04. The first-order chi connectivity index (χ1) is 10.7. The Morgan fingerprint density at radius 1 is 1.48 bits per heavy atom. The summed E-state index contributed by atoms with van der Waals surface area (Å²) in [6.45, 7) is 5.66. The number of carbonyl (C=O) groups is 1. The maximum atomic E-state index is 13.6. The van der Waals surface area contributed by atoms with E-state index >= 15 is 0 Å². The molecule has 0 saturated carbocycles. The average molecular weight is 342 g/mol. The number of rotatable bonds is 5. The molecule has 1 aromatic rings. The summed E-state index contributed by atoms with van der Waals surface area (Å²) in [6, 6.07) is 3.90. The van der Waals surface area contributed by atoms with Gasteiger partial charge in [-0.15, -0.1) is 0 Å². The third-order valence-electron chi connectivity index (χ3n) is 4.20. The number of carbonyl (C=O) groups excluding carboxylic acids is 1. The summed E-state index contributed by atoms with van der Waals surface area (Å²) in [5, 5.41) is 2.99. The van der Waals surface area contributed by atoms with E-state index in [9.17, 15) is 17.6 Å². The number of halogens is 1. The van der Waals surface area contributed by atoms with Gasteiger partial charge in [0.25, 0.3) is 0 Å². The van der Waals surface area contributed by atoms with Gasteiger partial charge in [-0.2, -0.15) is 0 Å². The number of amides is 1. The molecule has 0 radical (unpaired) electrons. The molecule has 1 aliphatic heterocycles. The second-order valence-corrected chi connectivity index (χ2v) is 8.24. The quantitative estimate of drug-likeness (QED) is 0.888. The van der Waals surface area contributed by atoms with Crippen molar-refractivity contribution in [2.24, 2.45) is 0 Å². The van der Waals surface area contributed by atoms with Crippen LogP contribution in [0.3, 0.4) is 0 Å². The number of nitrogens with zero attached hydrogens (tertiary/aromatic N) is 1. The van der Waals surface area contributed by atoms with Crippen LogP contribution in [0.25, 0.3) is 0 Å². The predicted molar refractivity (Wildman–Crippen MR) is 88.7 cm³/mol. The van der Waals surface area contributed by atoms with Gasteiger partial charge in [0.2, 0.25) is 5.91 Å². The van der Waals surface area contributed by atoms with Gasteiger partial charge in [0.15, 0.2) is 9.84 Å². The van der Waals surface area contributed by atoms with E-state index < -0.39 is 15.9 Å². The van der Waals surface area contributed by atoms with Crippen molar-refractivity contribution in [1.82, 2.24) is 4.90 Å². The Morgan fingerprint density at radius 2 is 2.17 bits per heavy atom. The minimum absolute atomic E-state index is 0.0262. The fourth-order valence-corrected chi connectivity index (χ4v) is 4.59. The summed E-state index contributed by atoms with van der Waals surface area (Å²) >= 11 is 0. The third-order valence-corrected chi connectivity index (χ3v) is 5.95. The van der Waals surface area contributed by atoms with Gasteiger partial charge < -0.3 is 10.2 Å². The predicted octanol–water partition coefficient (Wildman–Crippen LogP) is 1.97. The van der Waals surface area contributed by atoms with E-state index in [1.54, 1.807) is 30.9 Å². The van der Waals surface area contributed by atoms with Crippen molar-refractivity contribution >= 4 is 21.4 Å². The van der Waals surface area contributed by atoms with Crippen molar-refractivity contribution in [3.8, 4) is 0 Å². The van der Waals surface area contributed by atoms with Crippen LogP contribution < -0.4 is 5.32 Å². The fraction of sp³-hybridized carbons (Fsp3) is 0.562. The topological polar surface area (TPSA) is 66.5 Å². The van der Waals surface area contributed by atoms with Crippen LogP contribution in [0.1, 0.15) is 25.8 Å². The van der Waals surface area contributed by atoms with Crippen LogP contribution >= 0.6 is 0 Å². The molecule has 1 N–H and O–H groups in total. The maximum Gasteiger partial charge on any atom is 0.245 e. The lowest BCUT2D eigenvalue weighted by Crippen LogP contribution is -2.47. The Bertz CT molecular complexity index is 691. The lowest BCUT2D eigenvalue weighted by molar-refractivity contribution is -0.133. The molecule has 2 rings (SSSR count). The highest BCUT2D eigenvalue weighted by Crippen LogP contribution is 2.20. The van der Waals surface area contributed by atoms with Crippen LogP contribution in [-0.4, -0.2) is 49.4 Å². The lowest BCUT2D eigenvalue weighted by atomic mass is 10.1. The summed E-state index contributed by atoms with van der Waals surface area (Å²) in [6.07, 6.45) is 0.480.